The smallest absolute Gasteiger partial charge is 0.278 e. The molecule has 1 heterocycles. The Morgan fingerprint density at radius 2 is 2.25 bits per heavy atom. The van der Waals surface area contributed by atoms with E-state index in [4.69, 9.17) is 5.73 Å². The Morgan fingerprint density at radius 1 is 1.56 bits per heavy atom. The Hall–Kier alpha value is -2.10. The van der Waals surface area contributed by atoms with Crippen LogP contribution in [0.1, 0.15) is 13.8 Å². The minimum absolute atomic E-state index is 0.208. The Bertz CT molecular complexity index is 505. The van der Waals surface area contributed by atoms with Gasteiger partial charge in [0, 0.05) is 6.20 Å². The molecule has 0 aromatic carbocycles. The predicted octanol–water partition coefficient (Wildman–Crippen LogP) is 1.90. The molecule has 0 saturated heterocycles. The standard InChI is InChI=1S/C12H15N3O/c1-9(2)7-10(8-14-3)15-6-4-5-11(13)12(15)16/h4-8H,3,13H2,1-2H3/b10-8+. The van der Waals surface area contributed by atoms with E-state index in [1.165, 1.54) is 10.8 Å². The number of pyridine rings is 1. The van der Waals surface area contributed by atoms with Crippen molar-refractivity contribution in [1.82, 2.24) is 4.57 Å². The topological polar surface area (TPSA) is 60.4 Å². The van der Waals surface area contributed by atoms with Crippen LogP contribution in [-0.2, 0) is 0 Å². The van der Waals surface area contributed by atoms with Gasteiger partial charge in [-0.2, -0.15) is 0 Å². The van der Waals surface area contributed by atoms with Crippen LogP contribution < -0.4 is 11.3 Å². The van der Waals surface area contributed by atoms with E-state index in [0.717, 1.165) is 5.57 Å². The van der Waals surface area contributed by atoms with E-state index in [1.807, 2.05) is 19.9 Å². The molecule has 0 atom stereocenters. The SMILES string of the molecule is C=N/C=C(\C=C(C)C)n1cccc(N)c1=O. The molecule has 1 rings (SSSR count). The largest absolute Gasteiger partial charge is 0.394 e. The minimum atomic E-state index is -0.255. The van der Waals surface area contributed by atoms with Gasteiger partial charge in [0.1, 0.15) is 0 Å². The molecular weight excluding hydrogens is 202 g/mol. The van der Waals surface area contributed by atoms with E-state index in [2.05, 4.69) is 11.7 Å². The van der Waals surface area contributed by atoms with E-state index in [1.54, 1.807) is 18.3 Å². The van der Waals surface area contributed by atoms with Crippen LogP contribution in [0, 0.1) is 0 Å². The monoisotopic (exact) mass is 217 g/mol. The van der Waals surface area contributed by atoms with Crippen molar-refractivity contribution in [3.8, 4) is 0 Å². The molecule has 0 aliphatic heterocycles. The summed E-state index contributed by atoms with van der Waals surface area (Å²) in [7, 11) is 0. The number of allylic oxidation sites excluding steroid dienone is 3. The second-order valence-electron chi connectivity index (χ2n) is 3.60. The molecule has 1 aromatic heterocycles. The van der Waals surface area contributed by atoms with Crippen LogP contribution in [0.5, 0.6) is 0 Å². The summed E-state index contributed by atoms with van der Waals surface area (Å²) >= 11 is 0. The lowest BCUT2D eigenvalue weighted by molar-refractivity contribution is 1.02. The fourth-order valence-electron chi connectivity index (χ4n) is 1.27. The maximum Gasteiger partial charge on any atom is 0.278 e. The highest BCUT2D eigenvalue weighted by Gasteiger charge is 2.02. The first-order valence-electron chi connectivity index (χ1n) is 4.84. The molecule has 0 aliphatic carbocycles. The van der Waals surface area contributed by atoms with Crippen LogP contribution in [0.2, 0.25) is 0 Å². The molecule has 0 fully saturated rings. The number of anilines is 1. The van der Waals surface area contributed by atoms with Crippen LogP contribution in [0.15, 0.2) is 46.0 Å². The summed E-state index contributed by atoms with van der Waals surface area (Å²) in [4.78, 5) is 15.5. The lowest BCUT2D eigenvalue weighted by Gasteiger charge is -2.06. The number of nitrogen functional groups attached to an aromatic ring is 1. The van der Waals surface area contributed by atoms with E-state index >= 15 is 0 Å². The molecule has 0 radical (unpaired) electrons. The molecule has 84 valence electrons. The van der Waals surface area contributed by atoms with Crippen LogP contribution in [0.25, 0.3) is 5.70 Å². The number of nitrogens with two attached hydrogens (primary N) is 1. The molecule has 16 heavy (non-hydrogen) atoms. The lowest BCUT2D eigenvalue weighted by Crippen LogP contribution is -2.20. The number of rotatable bonds is 3. The maximum atomic E-state index is 11.8. The Kier molecular flexibility index (Phi) is 3.83. The molecule has 0 aliphatic rings. The van der Waals surface area contributed by atoms with Gasteiger partial charge in [0.05, 0.1) is 17.6 Å². The predicted molar refractivity (Wildman–Crippen MR) is 68.4 cm³/mol. The fourth-order valence-corrected chi connectivity index (χ4v) is 1.27. The van der Waals surface area contributed by atoms with Crippen molar-refractivity contribution in [2.45, 2.75) is 13.8 Å². The van der Waals surface area contributed by atoms with Crippen molar-refractivity contribution >= 4 is 18.1 Å². The van der Waals surface area contributed by atoms with Crippen molar-refractivity contribution in [3.63, 3.8) is 0 Å². The first-order chi connectivity index (χ1) is 7.56. The summed E-state index contributed by atoms with van der Waals surface area (Å²) in [5.74, 6) is 0. The van der Waals surface area contributed by atoms with Crippen molar-refractivity contribution in [2.75, 3.05) is 5.73 Å². The van der Waals surface area contributed by atoms with Gasteiger partial charge in [-0.3, -0.25) is 14.4 Å². The molecule has 0 amide bonds. The van der Waals surface area contributed by atoms with Gasteiger partial charge in [0.25, 0.3) is 5.56 Å². The van der Waals surface area contributed by atoms with Crippen molar-refractivity contribution in [2.24, 2.45) is 4.99 Å². The van der Waals surface area contributed by atoms with Crippen molar-refractivity contribution in [1.29, 1.82) is 0 Å². The molecule has 4 nitrogen and oxygen atoms in total. The van der Waals surface area contributed by atoms with Gasteiger partial charge >= 0.3 is 0 Å². The minimum Gasteiger partial charge on any atom is -0.394 e. The first kappa shape index (κ1) is 12.0. The number of aromatic nitrogens is 1. The first-order valence-corrected chi connectivity index (χ1v) is 4.84. The summed E-state index contributed by atoms with van der Waals surface area (Å²) in [6.07, 6.45) is 5.01. The molecule has 1 aromatic rings. The summed E-state index contributed by atoms with van der Waals surface area (Å²) in [5.41, 5.74) is 7.22. The van der Waals surface area contributed by atoms with E-state index in [0.29, 0.717) is 5.70 Å². The Morgan fingerprint density at radius 3 is 2.81 bits per heavy atom. The summed E-state index contributed by atoms with van der Waals surface area (Å²) in [6.45, 7) is 7.26. The van der Waals surface area contributed by atoms with Crippen molar-refractivity contribution in [3.05, 3.63) is 46.5 Å². The molecule has 0 unspecified atom stereocenters. The average molecular weight is 217 g/mol. The highest BCUT2D eigenvalue weighted by atomic mass is 16.1. The fraction of sp³-hybridized carbons (Fsp3) is 0.167. The summed E-state index contributed by atoms with van der Waals surface area (Å²) in [6, 6.07) is 3.28. The van der Waals surface area contributed by atoms with Gasteiger partial charge in [0.2, 0.25) is 0 Å². The lowest BCUT2D eigenvalue weighted by atomic mass is 10.2. The quantitative estimate of drug-likeness (QED) is 0.621. The van der Waals surface area contributed by atoms with Crippen LogP contribution in [0.3, 0.4) is 0 Å². The molecule has 0 spiro atoms. The zero-order chi connectivity index (χ0) is 12.1. The van der Waals surface area contributed by atoms with Crippen molar-refractivity contribution < 1.29 is 0 Å². The van der Waals surface area contributed by atoms with Gasteiger partial charge in [0.15, 0.2) is 0 Å². The highest BCUT2D eigenvalue weighted by Crippen LogP contribution is 2.08. The van der Waals surface area contributed by atoms with E-state index < -0.39 is 0 Å². The van der Waals surface area contributed by atoms with Crippen LogP contribution >= 0.6 is 0 Å². The number of aliphatic imine (C=N–C) groups is 1. The van der Waals surface area contributed by atoms with Gasteiger partial charge in [-0.25, -0.2) is 0 Å². The second kappa shape index (κ2) is 5.11. The van der Waals surface area contributed by atoms with E-state index in [-0.39, 0.29) is 11.2 Å². The average Bonchev–Trinajstić information content (AvgIpc) is 2.21. The normalized spacial score (nSPS) is 11.0. The summed E-state index contributed by atoms with van der Waals surface area (Å²) in [5, 5.41) is 0. The number of hydrogen-bond acceptors (Lipinski definition) is 3. The molecule has 0 bridgehead atoms. The summed E-state index contributed by atoms with van der Waals surface area (Å²) < 4.78 is 1.44. The van der Waals surface area contributed by atoms with Crippen LogP contribution in [-0.4, -0.2) is 11.3 Å². The van der Waals surface area contributed by atoms with Gasteiger partial charge in [-0.15, -0.1) is 0 Å². The van der Waals surface area contributed by atoms with Gasteiger partial charge in [-0.1, -0.05) is 5.57 Å². The Balaban J connectivity index is 3.39. The number of nitrogens with zero attached hydrogens (tertiary/aromatic N) is 2. The second-order valence-corrected chi connectivity index (χ2v) is 3.60. The van der Waals surface area contributed by atoms with E-state index in [9.17, 15) is 4.79 Å². The van der Waals surface area contributed by atoms with Crippen LogP contribution in [0.4, 0.5) is 5.69 Å². The van der Waals surface area contributed by atoms with Gasteiger partial charge in [-0.05, 0) is 38.8 Å². The van der Waals surface area contributed by atoms with Gasteiger partial charge < -0.3 is 5.73 Å². The zero-order valence-electron chi connectivity index (χ0n) is 9.47. The third kappa shape index (κ3) is 2.70. The zero-order valence-corrected chi connectivity index (χ0v) is 9.47. The third-order valence-electron chi connectivity index (χ3n) is 1.91. The number of hydrogen-bond donors (Lipinski definition) is 1. The molecule has 4 heteroatoms. The molecular formula is C12H15N3O. The maximum absolute atomic E-state index is 11.8. The molecule has 0 saturated carbocycles. The third-order valence-corrected chi connectivity index (χ3v) is 1.91. The molecule has 2 N–H and O–H groups in total. The highest BCUT2D eigenvalue weighted by molar-refractivity contribution is 5.60. The Labute approximate surface area is 94.4 Å².